The Bertz CT molecular complexity index is 749. The van der Waals surface area contributed by atoms with Crippen molar-refractivity contribution in [3.8, 4) is 0 Å². The van der Waals surface area contributed by atoms with E-state index >= 15 is 0 Å². The summed E-state index contributed by atoms with van der Waals surface area (Å²) in [6, 6.07) is 1.52. The van der Waals surface area contributed by atoms with Gasteiger partial charge in [0.1, 0.15) is 10.1 Å². The molecule has 0 saturated carbocycles. The van der Waals surface area contributed by atoms with Crippen LogP contribution in [0, 0.1) is 0 Å². The third-order valence-corrected chi connectivity index (χ3v) is 4.03. The first-order valence-corrected chi connectivity index (χ1v) is 7.63. The molecule has 3 nitrogen and oxygen atoms in total. The van der Waals surface area contributed by atoms with Crippen molar-refractivity contribution >= 4 is 10.1 Å². The monoisotopic (exact) mass is 444 g/mol. The summed E-state index contributed by atoms with van der Waals surface area (Å²) in [6.07, 6.45) is -7.67. The van der Waals surface area contributed by atoms with Crippen LogP contribution in [0.2, 0.25) is 0 Å². The molecule has 0 bridgehead atoms. The Kier molecular flexibility index (Phi) is 7.88. The molecule has 15 heteroatoms. The van der Waals surface area contributed by atoms with Crippen LogP contribution in [0.3, 0.4) is 0 Å². The smallest absolute Gasteiger partial charge is 0.744 e. The van der Waals surface area contributed by atoms with Crippen LogP contribution < -0.4 is 29.6 Å². The Morgan fingerprint density at radius 3 is 1.59 bits per heavy atom. The molecule has 0 fully saturated rings. The van der Waals surface area contributed by atoms with Gasteiger partial charge in [0.25, 0.3) is 0 Å². The molecule has 0 aliphatic rings. The molecule has 1 aromatic rings. The molecule has 0 N–H and O–H groups in total. The summed E-state index contributed by atoms with van der Waals surface area (Å²) < 4.78 is 161. The Balaban J connectivity index is 0.00000676. The Hall–Kier alpha value is -0.570. The van der Waals surface area contributed by atoms with Crippen LogP contribution in [0.4, 0.5) is 43.9 Å². The molecule has 0 heterocycles. The molecule has 0 spiro atoms. The fourth-order valence-electron chi connectivity index (χ4n) is 1.72. The van der Waals surface area contributed by atoms with E-state index in [2.05, 4.69) is 0 Å². The van der Waals surface area contributed by atoms with Gasteiger partial charge in [0.2, 0.25) is 0 Å². The van der Waals surface area contributed by atoms with Gasteiger partial charge in [0.05, 0.1) is 4.90 Å². The minimum absolute atomic E-state index is 0. The van der Waals surface area contributed by atoms with E-state index in [0.29, 0.717) is 24.3 Å². The van der Waals surface area contributed by atoms with Crippen molar-refractivity contribution in [1.82, 2.24) is 0 Å². The zero-order valence-electron chi connectivity index (χ0n) is 13.0. The molecule has 0 saturated heterocycles. The van der Waals surface area contributed by atoms with E-state index in [-0.39, 0.29) is 29.6 Å². The van der Waals surface area contributed by atoms with Crippen LogP contribution in [-0.4, -0.2) is 43.1 Å². The summed E-state index contributed by atoms with van der Waals surface area (Å²) in [5.41, 5.74) is -0.946. The van der Waals surface area contributed by atoms with E-state index in [0.717, 1.165) is 0 Å². The van der Waals surface area contributed by atoms with E-state index in [1.807, 2.05) is 0 Å². The molecule has 0 aromatic heterocycles. The number of halogens is 10. The van der Waals surface area contributed by atoms with E-state index in [4.69, 9.17) is 0 Å². The predicted octanol–water partition coefficient (Wildman–Crippen LogP) is 0.944. The van der Waals surface area contributed by atoms with Gasteiger partial charge in [-0.3, -0.25) is 0 Å². The average molecular weight is 444 g/mol. The van der Waals surface area contributed by atoms with Crippen LogP contribution in [0.15, 0.2) is 29.2 Å². The molecule has 150 valence electrons. The summed E-state index contributed by atoms with van der Waals surface area (Å²) in [5, 5.41) is 0. The minimum atomic E-state index is -7.10. The van der Waals surface area contributed by atoms with Crippen molar-refractivity contribution < 1.29 is 86.4 Å². The minimum Gasteiger partial charge on any atom is -0.744 e. The summed E-state index contributed by atoms with van der Waals surface area (Å²) in [4.78, 5) is -0.967. The van der Waals surface area contributed by atoms with Crippen molar-refractivity contribution in [2.45, 2.75) is 41.4 Å². The van der Waals surface area contributed by atoms with Gasteiger partial charge in [-0.05, 0) is 17.7 Å². The second-order valence-corrected chi connectivity index (χ2v) is 6.43. The van der Waals surface area contributed by atoms with E-state index in [1.165, 1.54) is 0 Å². The normalized spacial score (nSPS) is 14.2. The number of hydrogen-bond donors (Lipinski definition) is 0. The number of alkyl halides is 10. The van der Waals surface area contributed by atoms with Gasteiger partial charge in [0.15, 0.2) is 0 Å². The van der Waals surface area contributed by atoms with Gasteiger partial charge in [-0.15, -0.1) is 0 Å². The topological polar surface area (TPSA) is 57.2 Å². The fraction of sp³-hybridized carbons (Fsp3) is 0.500. The zero-order valence-corrected chi connectivity index (χ0v) is 15.8. The standard InChI is InChI=1S/C12H8F10O3S.Na/c13-8(14)10(17,18)12(21,22)11(19,20)9(15,16)5-6-1-3-7(4-2-6)26(23,24)25;/h1-4,8H,5H2,(H,23,24,25);/q;+1/p-1. The van der Waals surface area contributed by atoms with Crippen molar-refractivity contribution in [2.24, 2.45) is 0 Å². The van der Waals surface area contributed by atoms with Gasteiger partial charge in [-0.2, -0.15) is 35.1 Å². The molecule has 0 aliphatic heterocycles. The summed E-state index contributed by atoms with van der Waals surface area (Å²) in [5.74, 6) is -26.7. The number of benzene rings is 1. The van der Waals surface area contributed by atoms with Crippen LogP contribution >= 0.6 is 0 Å². The van der Waals surface area contributed by atoms with E-state index < -0.39 is 57.1 Å². The molecule has 0 radical (unpaired) electrons. The number of rotatable bonds is 7. The maximum atomic E-state index is 13.5. The van der Waals surface area contributed by atoms with Crippen molar-refractivity contribution in [3.63, 3.8) is 0 Å². The Labute approximate surface area is 167 Å². The zero-order chi connectivity index (χ0) is 20.8. The van der Waals surface area contributed by atoms with E-state index in [9.17, 15) is 56.9 Å². The molecule has 0 aliphatic carbocycles. The second-order valence-electron chi connectivity index (χ2n) is 5.05. The first-order valence-electron chi connectivity index (χ1n) is 6.22. The van der Waals surface area contributed by atoms with Gasteiger partial charge in [-0.1, -0.05) is 12.1 Å². The SMILES string of the molecule is O=S(=O)([O-])c1ccc(CC(F)(F)C(F)(F)C(F)(F)C(F)(F)C(F)F)cc1.[Na+]. The Morgan fingerprint density at radius 1 is 0.852 bits per heavy atom. The van der Waals surface area contributed by atoms with Crippen LogP contribution in [0.1, 0.15) is 5.56 Å². The maximum Gasteiger partial charge on any atom is 1.00 e. The summed E-state index contributed by atoms with van der Waals surface area (Å²) in [7, 11) is -5.03. The molecule has 0 amide bonds. The quantitative estimate of drug-likeness (QED) is 0.358. The first kappa shape index (κ1) is 26.4. The molecular weight excluding hydrogens is 437 g/mol. The third kappa shape index (κ3) is 4.89. The second kappa shape index (κ2) is 8.05. The van der Waals surface area contributed by atoms with Crippen molar-refractivity contribution in [2.75, 3.05) is 0 Å². The summed E-state index contributed by atoms with van der Waals surface area (Å²) >= 11 is 0. The number of hydrogen-bond acceptors (Lipinski definition) is 3. The predicted molar refractivity (Wildman–Crippen MR) is 63.9 cm³/mol. The maximum absolute atomic E-state index is 13.5. The first-order chi connectivity index (χ1) is 11.4. The molecular formula is C12H7F10NaO3S. The van der Waals surface area contributed by atoms with Gasteiger partial charge in [-0.25, -0.2) is 17.2 Å². The molecule has 0 atom stereocenters. The molecule has 27 heavy (non-hydrogen) atoms. The van der Waals surface area contributed by atoms with E-state index in [1.54, 1.807) is 0 Å². The summed E-state index contributed by atoms with van der Waals surface area (Å²) in [6.45, 7) is 0. The van der Waals surface area contributed by atoms with Crippen molar-refractivity contribution in [1.29, 1.82) is 0 Å². The third-order valence-electron chi connectivity index (χ3n) is 3.18. The Morgan fingerprint density at radius 2 is 1.26 bits per heavy atom. The van der Waals surface area contributed by atoms with Crippen LogP contribution in [-0.2, 0) is 16.5 Å². The fourth-order valence-corrected chi connectivity index (χ4v) is 2.19. The van der Waals surface area contributed by atoms with Gasteiger partial charge < -0.3 is 4.55 Å². The van der Waals surface area contributed by atoms with Gasteiger partial charge in [0, 0.05) is 6.42 Å². The van der Waals surface area contributed by atoms with Gasteiger partial charge >= 0.3 is 59.7 Å². The average Bonchev–Trinajstić information content (AvgIpc) is 2.45. The molecule has 1 aromatic carbocycles. The van der Waals surface area contributed by atoms with Crippen molar-refractivity contribution in [3.05, 3.63) is 29.8 Å². The molecule has 1 rings (SSSR count). The van der Waals surface area contributed by atoms with Crippen LogP contribution in [0.25, 0.3) is 0 Å². The van der Waals surface area contributed by atoms with Crippen LogP contribution in [0.5, 0.6) is 0 Å². The molecule has 0 unspecified atom stereocenters. The largest absolute Gasteiger partial charge is 1.00 e.